The molecule has 9 heteroatoms. The molecule has 0 atom stereocenters. The first-order valence-corrected chi connectivity index (χ1v) is 13.4. The minimum Gasteiger partial charge on any atom is -0.504 e. The summed E-state index contributed by atoms with van der Waals surface area (Å²) in [5.74, 6) is 2.24. The molecule has 0 saturated carbocycles. The van der Waals surface area contributed by atoms with E-state index >= 15 is 0 Å². The summed E-state index contributed by atoms with van der Waals surface area (Å²) < 4.78 is 14.0. The molecule has 38 heavy (non-hydrogen) atoms. The van der Waals surface area contributed by atoms with Crippen LogP contribution in [-0.4, -0.2) is 40.1 Å². The van der Waals surface area contributed by atoms with E-state index in [-0.39, 0.29) is 12.3 Å². The lowest BCUT2D eigenvalue weighted by Gasteiger charge is -2.23. The summed E-state index contributed by atoms with van der Waals surface area (Å²) in [6, 6.07) is 12.9. The summed E-state index contributed by atoms with van der Waals surface area (Å²) in [6.07, 6.45) is 7.58. The molecular weight excluding hydrogens is 498 g/mol. The first-order chi connectivity index (χ1) is 18.7. The molecule has 4 heterocycles. The molecule has 1 saturated heterocycles. The number of pyridine rings is 1. The van der Waals surface area contributed by atoms with Gasteiger partial charge in [0.25, 0.3) is 0 Å². The second kappa shape index (κ2) is 10.6. The van der Waals surface area contributed by atoms with Gasteiger partial charge in [0.2, 0.25) is 11.6 Å². The van der Waals surface area contributed by atoms with Crippen LogP contribution in [0.4, 0.5) is 5.69 Å². The van der Waals surface area contributed by atoms with Crippen LogP contribution in [0.5, 0.6) is 17.2 Å². The zero-order valence-electron chi connectivity index (χ0n) is 20.6. The van der Waals surface area contributed by atoms with Crippen LogP contribution in [0.1, 0.15) is 22.6 Å². The average Bonchev–Trinajstić information content (AvgIpc) is 3.62. The molecule has 1 aliphatic heterocycles. The highest BCUT2D eigenvalue weighted by molar-refractivity contribution is 7.09. The third-order valence-electron chi connectivity index (χ3n) is 6.78. The zero-order valence-corrected chi connectivity index (χ0v) is 21.4. The molecular formula is C29H25N5O3S. The topological polar surface area (TPSA) is 82.6 Å². The molecule has 1 fully saturated rings. The van der Waals surface area contributed by atoms with Crippen molar-refractivity contribution in [1.82, 2.24) is 19.9 Å². The van der Waals surface area contributed by atoms with Crippen molar-refractivity contribution < 1.29 is 14.3 Å². The van der Waals surface area contributed by atoms with Crippen LogP contribution in [0.3, 0.4) is 0 Å². The Bertz CT molecular complexity index is 1650. The van der Waals surface area contributed by atoms with Crippen molar-refractivity contribution in [2.24, 2.45) is 5.92 Å². The lowest BCUT2D eigenvalue weighted by atomic mass is 9.99. The minimum atomic E-state index is -0.0337. The van der Waals surface area contributed by atoms with Crippen molar-refractivity contribution in [3.05, 3.63) is 82.9 Å². The highest BCUT2D eigenvalue weighted by Gasteiger charge is 2.17. The lowest BCUT2D eigenvalue weighted by Crippen LogP contribution is -2.30. The van der Waals surface area contributed by atoms with Gasteiger partial charge in [-0.2, -0.15) is 0 Å². The van der Waals surface area contributed by atoms with Gasteiger partial charge in [-0.1, -0.05) is 0 Å². The normalized spacial score (nSPS) is 14.0. The van der Waals surface area contributed by atoms with Crippen LogP contribution >= 0.6 is 11.3 Å². The van der Waals surface area contributed by atoms with Gasteiger partial charge >= 0.3 is 0 Å². The van der Waals surface area contributed by atoms with E-state index in [0.717, 1.165) is 47.2 Å². The summed E-state index contributed by atoms with van der Waals surface area (Å²) in [4.78, 5) is 25.2. The predicted octanol–water partition coefficient (Wildman–Crippen LogP) is 6.25. The minimum absolute atomic E-state index is 0.0337. The van der Waals surface area contributed by atoms with Crippen LogP contribution in [0.25, 0.3) is 26.7 Å². The molecule has 190 valence electrons. The van der Waals surface area contributed by atoms with E-state index in [2.05, 4.69) is 20.1 Å². The van der Waals surface area contributed by atoms with Crippen LogP contribution in [0, 0.1) is 12.5 Å². The van der Waals surface area contributed by atoms with Gasteiger partial charge in [-0.3, -0.25) is 14.3 Å². The van der Waals surface area contributed by atoms with Crippen molar-refractivity contribution in [2.75, 3.05) is 19.7 Å². The number of hydrogen-bond donors (Lipinski definition) is 1. The summed E-state index contributed by atoms with van der Waals surface area (Å²) in [5, 5.41) is 7.66. The predicted molar refractivity (Wildman–Crippen MR) is 148 cm³/mol. The molecule has 0 radical (unpaired) electrons. The number of aromatic nitrogens is 3. The van der Waals surface area contributed by atoms with Crippen molar-refractivity contribution in [2.45, 2.75) is 19.3 Å². The van der Waals surface area contributed by atoms with Gasteiger partial charge in [-0.25, -0.2) is 9.83 Å². The Morgan fingerprint density at radius 1 is 1.11 bits per heavy atom. The summed E-state index contributed by atoms with van der Waals surface area (Å²) in [6.45, 7) is 10.3. The maximum Gasteiger partial charge on any atom is 0.237 e. The van der Waals surface area contributed by atoms with Gasteiger partial charge < -0.3 is 14.8 Å². The molecule has 1 aliphatic rings. The molecule has 0 bridgehead atoms. The number of carbonyl (C=O) groups excluding carboxylic acids is 1. The molecule has 5 aromatic rings. The number of rotatable bonds is 7. The highest BCUT2D eigenvalue weighted by atomic mass is 32.1. The fourth-order valence-corrected chi connectivity index (χ4v) is 5.38. The highest BCUT2D eigenvalue weighted by Crippen LogP contribution is 2.38. The number of benzene rings is 2. The molecule has 0 unspecified atom stereocenters. The number of nitrogens with one attached hydrogen (secondary N) is 1. The largest absolute Gasteiger partial charge is 0.504 e. The number of carbonyl (C=O) groups is 1. The van der Waals surface area contributed by atoms with Crippen molar-refractivity contribution >= 4 is 44.7 Å². The summed E-state index contributed by atoms with van der Waals surface area (Å²) in [5.41, 5.74) is 1.95. The maximum atomic E-state index is 12.8. The Labute approximate surface area is 223 Å². The van der Waals surface area contributed by atoms with E-state index in [9.17, 15) is 4.79 Å². The Balaban J connectivity index is 1.24. The van der Waals surface area contributed by atoms with Crippen molar-refractivity contribution in [3.63, 3.8) is 0 Å². The van der Waals surface area contributed by atoms with Gasteiger partial charge in [-0.15, -0.1) is 11.3 Å². The number of ether oxygens (including phenoxy) is 2. The van der Waals surface area contributed by atoms with E-state index < -0.39 is 0 Å². The number of nitrogens with zero attached hydrogens (tertiary/aromatic N) is 4. The van der Waals surface area contributed by atoms with Crippen LogP contribution in [-0.2, 0) is 6.42 Å². The second-order valence-corrected chi connectivity index (χ2v) is 10.2. The monoisotopic (exact) mass is 523 g/mol. The Hall–Kier alpha value is -4.26. The first kappa shape index (κ1) is 24.1. The SMILES string of the molecule is [C-]#[N+]c1cc2c(Oc3ccc4c(ccn4C(=O)Cc4nccs4)c3)ccnc2cc1OCC1CCNCC1. The zero-order chi connectivity index (χ0) is 25.9. The molecule has 6 rings (SSSR count). The third-order valence-corrected chi connectivity index (χ3v) is 7.56. The van der Waals surface area contributed by atoms with Crippen LogP contribution in [0.15, 0.2) is 66.4 Å². The van der Waals surface area contributed by atoms with Gasteiger partial charge in [0.1, 0.15) is 22.3 Å². The Morgan fingerprint density at radius 3 is 2.82 bits per heavy atom. The third kappa shape index (κ3) is 4.96. The van der Waals surface area contributed by atoms with Gasteiger partial charge in [0, 0.05) is 34.7 Å². The van der Waals surface area contributed by atoms with E-state index in [1.165, 1.54) is 11.3 Å². The molecule has 0 aliphatic carbocycles. The molecule has 3 aromatic heterocycles. The van der Waals surface area contributed by atoms with E-state index in [4.69, 9.17) is 16.0 Å². The van der Waals surface area contributed by atoms with E-state index in [1.54, 1.807) is 35.3 Å². The van der Waals surface area contributed by atoms with E-state index in [0.29, 0.717) is 41.0 Å². The van der Waals surface area contributed by atoms with Gasteiger partial charge in [-0.05, 0) is 74.3 Å². The van der Waals surface area contributed by atoms with Gasteiger partial charge in [0.15, 0.2) is 0 Å². The van der Waals surface area contributed by atoms with Crippen LogP contribution in [0.2, 0.25) is 0 Å². The van der Waals surface area contributed by atoms with E-state index in [1.807, 2.05) is 35.7 Å². The average molecular weight is 524 g/mol. The fourth-order valence-electron chi connectivity index (χ4n) is 4.77. The molecule has 2 aromatic carbocycles. The quantitative estimate of drug-likeness (QED) is 0.254. The number of fused-ring (bicyclic) bond motifs is 2. The number of thiazole rings is 1. The number of hydrogen-bond acceptors (Lipinski definition) is 7. The molecule has 0 amide bonds. The standard InChI is InChI=1S/C29H25N5O3S/c1-30-24-15-22-23(16-27(24)36-18-19-4-8-31-9-5-19)32-10-6-26(22)37-21-2-3-25-20(14-21)7-12-34(25)29(35)17-28-33-11-13-38-28/h2-3,6-7,10-16,19,31H,4-5,8-9,17-18H2. The fraction of sp³-hybridized carbons (Fsp3) is 0.241. The first-order valence-electron chi connectivity index (χ1n) is 12.5. The van der Waals surface area contributed by atoms with Crippen LogP contribution < -0.4 is 14.8 Å². The number of piperidine rings is 1. The maximum absolute atomic E-state index is 12.8. The summed E-state index contributed by atoms with van der Waals surface area (Å²) in [7, 11) is 0. The molecule has 1 N–H and O–H groups in total. The smallest absolute Gasteiger partial charge is 0.237 e. The molecule has 0 spiro atoms. The lowest BCUT2D eigenvalue weighted by molar-refractivity contribution is 0.0919. The Kier molecular flexibility index (Phi) is 6.73. The van der Waals surface area contributed by atoms with Gasteiger partial charge in [0.05, 0.1) is 30.6 Å². The summed E-state index contributed by atoms with van der Waals surface area (Å²) >= 11 is 1.47. The van der Waals surface area contributed by atoms with Crippen molar-refractivity contribution in [1.29, 1.82) is 0 Å². The second-order valence-electron chi connectivity index (χ2n) is 9.27. The Morgan fingerprint density at radius 2 is 2.00 bits per heavy atom. The molecule has 8 nitrogen and oxygen atoms in total. The van der Waals surface area contributed by atoms with Crippen molar-refractivity contribution in [3.8, 4) is 17.2 Å².